The van der Waals surface area contributed by atoms with Crippen molar-refractivity contribution in [1.29, 1.82) is 0 Å². The van der Waals surface area contributed by atoms with E-state index in [4.69, 9.17) is 16.3 Å². The summed E-state index contributed by atoms with van der Waals surface area (Å²) < 4.78 is 6.51. The number of ether oxygens (including phenoxy) is 1. The van der Waals surface area contributed by atoms with E-state index < -0.39 is 6.04 Å². The maximum absolute atomic E-state index is 13.7. The van der Waals surface area contributed by atoms with Crippen LogP contribution in [0.15, 0.2) is 77.3 Å². The Morgan fingerprint density at radius 1 is 1.03 bits per heavy atom. The number of carbonyl (C=O) groups excluding carboxylic acids is 2. The SMILES string of the molecule is Cc1ccccc1CN(C(=O)COc1ccc(Cl)cc1Br)[C@H](Cc1ccccc1)C(=O)NCC(C)C. The van der Waals surface area contributed by atoms with E-state index in [1.54, 1.807) is 23.1 Å². The summed E-state index contributed by atoms with van der Waals surface area (Å²) in [4.78, 5) is 28.8. The molecule has 0 aromatic heterocycles. The van der Waals surface area contributed by atoms with E-state index in [-0.39, 0.29) is 24.3 Å². The second-order valence-corrected chi connectivity index (χ2v) is 10.4. The maximum atomic E-state index is 13.7. The molecule has 1 N–H and O–H groups in total. The number of nitrogens with one attached hydrogen (secondary N) is 1. The highest BCUT2D eigenvalue weighted by atomic mass is 79.9. The van der Waals surface area contributed by atoms with Crippen molar-refractivity contribution < 1.29 is 14.3 Å². The van der Waals surface area contributed by atoms with Crippen molar-refractivity contribution in [2.45, 2.75) is 39.8 Å². The summed E-state index contributed by atoms with van der Waals surface area (Å²) in [7, 11) is 0. The number of aryl methyl sites for hydroxylation is 1. The normalized spacial score (nSPS) is 11.7. The van der Waals surface area contributed by atoms with Crippen molar-refractivity contribution in [2.24, 2.45) is 5.92 Å². The van der Waals surface area contributed by atoms with Gasteiger partial charge < -0.3 is 15.0 Å². The number of carbonyl (C=O) groups is 2. The third-order valence-electron chi connectivity index (χ3n) is 5.80. The van der Waals surface area contributed by atoms with Gasteiger partial charge in [-0.05, 0) is 63.7 Å². The van der Waals surface area contributed by atoms with Crippen molar-refractivity contribution in [3.8, 4) is 5.75 Å². The van der Waals surface area contributed by atoms with E-state index in [9.17, 15) is 9.59 Å². The highest BCUT2D eigenvalue weighted by Gasteiger charge is 2.31. The topological polar surface area (TPSA) is 58.6 Å². The van der Waals surface area contributed by atoms with E-state index in [0.29, 0.717) is 34.8 Å². The number of halogens is 2. The summed E-state index contributed by atoms with van der Waals surface area (Å²) in [6.07, 6.45) is 0.396. The lowest BCUT2D eigenvalue weighted by Gasteiger charge is -2.32. The molecular weight excluding hydrogens is 540 g/mol. The second kappa shape index (κ2) is 13.5. The number of amides is 2. The molecule has 7 heteroatoms. The first-order valence-corrected chi connectivity index (χ1v) is 13.1. The van der Waals surface area contributed by atoms with E-state index in [1.165, 1.54) is 0 Å². The van der Waals surface area contributed by atoms with Crippen LogP contribution in [0.3, 0.4) is 0 Å². The molecule has 190 valence electrons. The lowest BCUT2D eigenvalue weighted by molar-refractivity contribution is -0.142. The number of nitrogens with zero attached hydrogens (tertiary/aromatic N) is 1. The van der Waals surface area contributed by atoms with Crippen molar-refractivity contribution >= 4 is 39.3 Å². The summed E-state index contributed by atoms with van der Waals surface area (Å²) in [5.74, 6) is 0.341. The number of hydrogen-bond donors (Lipinski definition) is 1. The molecule has 0 aliphatic carbocycles. The third-order valence-corrected chi connectivity index (χ3v) is 6.66. The van der Waals surface area contributed by atoms with Crippen LogP contribution in [0.25, 0.3) is 0 Å². The molecule has 0 heterocycles. The van der Waals surface area contributed by atoms with Crippen LogP contribution in [0.4, 0.5) is 0 Å². The van der Waals surface area contributed by atoms with Gasteiger partial charge in [0.15, 0.2) is 6.61 Å². The van der Waals surface area contributed by atoms with Gasteiger partial charge in [-0.3, -0.25) is 9.59 Å². The summed E-state index contributed by atoms with van der Waals surface area (Å²) in [6.45, 7) is 6.70. The molecule has 0 unspecified atom stereocenters. The fourth-order valence-corrected chi connectivity index (χ4v) is 4.56. The molecule has 5 nitrogen and oxygen atoms in total. The quantitative estimate of drug-likeness (QED) is 0.298. The largest absolute Gasteiger partial charge is 0.483 e. The minimum absolute atomic E-state index is 0.179. The highest BCUT2D eigenvalue weighted by molar-refractivity contribution is 9.10. The lowest BCUT2D eigenvalue weighted by Crippen LogP contribution is -2.52. The van der Waals surface area contributed by atoms with Gasteiger partial charge in [0.05, 0.1) is 4.47 Å². The highest BCUT2D eigenvalue weighted by Crippen LogP contribution is 2.28. The fourth-order valence-electron chi connectivity index (χ4n) is 3.76. The van der Waals surface area contributed by atoms with Gasteiger partial charge in [-0.25, -0.2) is 0 Å². The first-order valence-electron chi connectivity index (χ1n) is 12.0. The molecule has 0 bridgehead atoms. The molecule has 0 aliphatic rings. The molecule has 36 heavy (non-hydrogen) atoms. The fraction of sp³-hybridized carbons (Fsp3) is 0.310. The first-order chi connectivity index (χ1) is 17.2. The van der Waals surface area contributed by atoms with Crippen LogP contribution in [0.2, 0.25) is 5.02 Å². The zero-order valence-corrected chi connectivity index (χ0v) is 23.2. The molecule has 0 spiro atoms. The summed E-state index contributed by atoms with van der Waals surface area (Å²) in [5, 5.41) is 3.59. The minimum atomic E-state index is -0.699. The average Bonchev–Trinajstić information content (AvgIpc) is 2.85. The smallest absolute Gasteiger partial charge is 0.261 e. The molecule has 0 saturated heterocycles. The maximum Gasteiger partial charge on any atom is 0.261 e. The Morgan fingerprint density at radius 2 is 1.72 bits per heavy atom. The van der Waals surface area contributed by atoms with Crippen LogP contribution < -0.4 is 10.1 Å². The zero-order valence-electron chi connectivity index (χ0n) is 20.8. The molecule has 0 radical (unpaired) electrons. The molecule has 1 atom stereocenters. The van der Waals surface area contributed by atoms with Gasteiger partial charge in [0.25, 0.3) is 5.91 Å². The Hall–Kier alpha value is -2.83. The Balaban J connectivity index is 1.92. The molecule has 3 aromatic rings. The van der Waals surface area contributed by atoms with Crippen molar-refractivity contribution in [3.63, 3.8) is 0 Å². The first kappa shape index (κ1) is 27.8. The van der Waals surface area contributed by atoms with Gasteiger partial charge in [0.1, 0.15) is 11.8 Å². The van der Waals surface area contributed by atoms with Gasteiger partial charge in [0.2, 0.25) is 5.91 Å². The predicted molar refractivity (Wildman–Crippen MR) is 148 cm³/mol. The lowest BCUT2D eigenvalue weighted by atomic mass is 10.0. The predicted octanol–water partition coefficient (Wildman–Crippen LogP) is 6.20. The van der Waals surface area contributed by atoms with Crippen LogP contribution >= 0.6 is 27.5 Å². The zero-order chi connectivity index (χ0) is 26.1. The van der Waals surface area contributed by atoms with Crippen molar-refractivity contribution in [1.82, 2.24) is 10.2 Å². The molecule has 0 fully saturated rings. The molecule has 3 rings (SSSR count). The van der Waals surface area contributed by atoms with E-state index in [1.807, 2.05) is 75.4 Å². The number of rotatable bonds is 11. The minimum Gasteiger partial charge on any atom is -0.483 e. The van der Waals surface area contributed by atoms with Gasteiger partial charge >= 0.3 is 0 Å². The molecule has 0 saturated carbocycles. The Bertz CT molecular complexity index is 1170. The summed E-state index contributed by atoms with van der Waals surface area (Å²) in [6, 6.07) is 22.1. The third kappa shape index (κ3) is 8.10. The van der Waals surface area contributed by atoms with E-state index in [2.05, 4.69) is 21.2 Å². The Kier molecular flexibility index (Phi) is 10.4. The summed E-state index contributed by atoms with van der Waals surface area (Å²) in [5.41, 5.74) is 3.01. The Labute approximate surface area is 226 Å². The van der Waals surface area contributed by atoms with Crippen LogP contribution in [0, 0.1) is 12.8 Å². The van der Waals surface area contributed by atoms with E-state index >= 15 is 0 Å². The molecular formula is C29H32BrClN2O3. The average molecular weight is 572 g/mol. The Morgan fingerprint density at radius 3 is 2.39 bits per heavy atom. The molecule has 3 aromatic carbocycles. The van der Waals surface area contributed by atoms with Crippen molar-refractivity contribution in [3.05, 3.63) is 99.0 Å². The molecule has 0 aliphatic heterocycles. The van der Waals surface area contributed by atoms with Crippen molar-refractivity contribution in [2.75, 3.05) is 13.2 Å². The van der Waals surface area contributed by atoms with Gasteiger partial charge in [-0.2, -0.15) is 0 Å². The monoisotopic (exact) mass is 570 g/mol. The number of benzene rings is 3. The van der Waals surface area contributed by atoms with Gasteiger partial charge in [0, 0.05) is 24.5 Å². The van der Waals surface area contributed by atoms with E-state index in [0.717, 1.165) is 16.7 Å². The van der Waals surface area contributed by atoms with Crippen LogP contribution in [0.1, 0.15) is 30.5 Å². The van der Waals surface area contributed by atoms with Gasteiger partial charge in [-0.1, -0.05) is 80.0 Å². The van der Waals surface area contributed by atoms with Gasteiger partial charge in [-0.15, -0.1) is 0 Å². The summed E-state index contributed by atoms with van der Waals surface area (Å²) >= 11 is 9.46. The van der Waals surface area contributed by atoms with Crippen LogP contribution in [0.5, 0.6) is 5.75 Å². The van der Waals surface area contributed by atoms with Crippen LogP contribution in [-0.4, -0.2) is 35.9 Å². The standard InChI is InChI=1S/C29H32BrClN2O3/c1-20(2)17-32-29(35)26(15-22-10-5-4-6-11-22)33(18-23-12-8-7-9-21(23)3)28(34)19-36-27-14-13-24(31)16-25(27)30/h4-14,16,20,26H,15,17-19H2,1-3H3,(H,32,35)/t26-/m1/s1. The number of hydrogen-bond acceptors (Lipinski definition) is 3. The molecule has 2 amide bonds. The second-order valence-electron chi connectivity index (χ2n) is 9.16. The van der Waals surface area contributed by atoms with Crippen LogP contribution in [-0.2, 0) is 22.6 Å².